The second-order valence-corrected chi connectivity index (χ2v) is 8.94. The fourth-order valence-electron chi connectivity index (χ4n) is 7.23. The van der Waals surface area contributed by atoms with Crippen LogP contribution in [0.25, 0.3) is 0 Å². The molecule has 1 aliphatic heterocycles. The van der Waals surface area contributed by atoms with Crippen molar-refractivity contribution in [1.29, 1.82) is 0 Å². The molecular weight excluding hydrogens is 330 g/mol. The molecule has 2 saturated carbocycles. The average Bonchev–Trinajstić information content (AvgIpc) is 2.91. The number of rotatable bonds is 3. The Bertz CT molecular complexity index is 661. The van der Waals surface area contributed by atoms with Gasteiger partial charge in [0, 0.05) is 6.54 Å². The third-order valence-electron chi connectivity index (χ3n) is 7.97. The highest BCUT2D eigenvalue weighted by Gasteiger charge is 2.65. The van der Waals surface area contributed by atoms with E-state index >= 15 is 0 Å². The third kappa shape index (κ3) is 2.12. The van der Waals surface area contributed by atoms with Gasteiger partial charge in [0.1, 0.15) is 0 Å². The standard InChI is InChI=1S/C21H27NO4/c23-15(24)9-10-22-20(25)18-16-11-5-1-2-6-12(11)17(19(18)21(22)26)14-8-4-3-7-13(14)16/h11-12,16-19H,1-10H2,(H,23,24). The Labute approximate surface area is 153 Å². The van der Waals surface area contributed by atoms with E-state index in [9.17, 15) is 14.4 Å². The van der Waals surface area contributed by atoms with Gasteiger partial charge in [0.05, 0.1) is 18.3 Å². The first kappa shape index (κ1) is 16.5. The number of imide groups is 1. The molecule has 2 amide bonds. The summed E-state index contributed by atoms with van der Waals surface area (Å²) in [6.45, 7) is 0.0411. The van der Waals surface area contributed by atoms with Gasteiger partial charge >= 0.3 is 5.97 Å². The lowest BCUT2D eigenvalue weighted by atomic mass is 9.45. The monoisotopic (exact) mass is 357 g/mol. The van der Waals surface area contributed by atoms with Crippen molar-refractivity contribution in [3.8, 4) is 0 Å². The number of likely N-dealkylation sites (tertiary alicyclic amines) is 1. The molecule has 0 aromatic carbocycles. The van der Waals surface area contributed by atoms with Gasteiger partial charge < -0.3 is 5.11 Å². The minimum Gasteiger partial charge on any atom is -0.481 e. The molecule has 6 rings (SSSR count). The molecule has 6 atom stereocenters. The summed E-state index contributed by atoms with van der Waals surface area (Å²) in [6.07, 6.45) is 9.38. The van der Waals surface area contributed by atoms with Crippen LogP contribution in [-0.4, -0.2) is 34.3 Å². The highest BCUT2D eigenvalue weighted by Crippen LogP contribution is 2.65. The number of hydrogen-bond donors (Lipinski definition) is 1. The molecule has 0 radical (unpaired) electrons. The van der Waals surface area contributed by atoms with Gasteiger partial charge in [-0.05, 0) is 62.2 Å². The summed E-state index contributed by atoms with van der Waals surface area (Å²) in [5, 5.41) is 9.00. The summed E-state index contributed by atoms with van der Waals surface area (Å²) >= 11 is 0. The van der Waals surface area contributed by atoms with E-state index in [1.165, 1.54) is 54.6 Å². The van der Waals surface area contributed by atoms with Crippen LogP contribution in [0.15, 0.2) is 11.1 Å². The topological polar surface area (TPSA) is 74.7 Å². The van der Waals surface area contributed by atoms with E-state index < -0.39 is 5.97 Å². The highest BCUT2D eigenvalue weighted by atomic mass is 16.4. The maximum Gasteiger partial charge on any atom is 0.305 e. The minimum absolute atomic E-state index is 0.0411. The summed E-state index contributed by atoms with van der Waals surface area (Å²) in [4.78, 5) is 38.7. The predicted octanol–water partition coefficient (Wildman–Crippen LogP) is 3.00. The van der Waals surface area contributed by atoms with Gasteiger partial charge in [0.15, 0.2) is 0 Å². The molecule has 2 bridgehead atoms. The molecule has 140 valence electrons. The summed E-state index contributed by atoms with van der Waals surface area (Å²) < 4.78 is 0. The first-order chi connectivity index (χ1) is 12.6. The van der Waals surface area contributed by atoms with Gasteiger partial charge in [-0.15, -0.1) is 0 Å². The molecule has 5 nitrogen and oxygen atoms in total. The molecule has 26 heavy (non-hydrogen) atoms. The van der Waals surface area contributed by atoms with Crippen molar-refractivity contribution in [1.82, 2.24) is 4.90 Å². The van der Waals surface area contributed by atoms with Crippen LogP contribution in [0.2, 0.25) is 0 Å². The second-order valence-electron chi connectivity index (χ2n) is 8.94. The molecule has 5 aliphatic carbocycles. The molecule has 0 aromatic heterocycles. The normalized spacial score (nSPS) is 41.2. The maximum absolute atomic E-state index is 13.2. The van der Waals surface area contributed by atoms with E-state index in [1.807, 2.05) is 0 Å². The van der Waals surface area contributed by atoms with Crippen LogP contribution in [-0.2, 0) is 14.4 Å². The number of amides is 2. The van der Waals surface area contributed by atoms with Gasteiger partial charge in [0.25, 0.3) is 0 Å². The molecular formula is C21H27NO4. The summed E-state index contributed by atoms with van der Waals surface area (Å²) in [5.41, 5.74) is 3.07. The Morgan fingerprint density at radius 1 is 0.846 bits per heavy atom. The van der Waals surface area contributed by atoms with Gasteiger partial charge in [-0.25, -0.2) is 0 Å². The van der Waals surface area contributed by atoms with Gasteiger partial charge in [-0.2, -0.15) is 0 Å². The van der Waals surface area contributed by atoms with Crippen LogP contribution in [0.5, 0.6) is 0 Å². The van der Waals surface area contributed by atoms with E-state index in [0.717, 1.165) is 12.8 Å². The van der Waals surface area contributed by atoms with Gasteiger partial charge in [-0.1, -0.05) is 24.0 Å². The zero-order valence-electron chi connectivity index (χ0n) is 15.2. The minimum atomic E-state index is -0.950. The molecule has 1 heterocycles. The zero-order chi connectivity index (χ0) is 18.0. The van der Waals surface area contributed by atoms with Crippen molar-refractivity contribution < 1.29 is 19.5 Å². The van der Waals surface area contributed by atoms with E-state index in [-0.39, 0.29) is 48.5 Å². The number of carboxylic acids is 1. The fraction of sp³-hybridized carbons (Fsp3) is 0.762. The smallest absolute Gasteiger partial charge is 0.305 e. The van der Waals surface area contributed by atoms with Crippen LogP contribution in [0.3, 0.4) is 0 Å². The lowest BCUT2D eigenvalue weighted by Crippen LogP contribution is -2.54. The first-order valence-corrected chi connectivity index (χ1v) is 10.4. The lowest BCUT2D eigenvalue weighted by Gasteiger charge is -2.58. The van der Waals surface area contributed by atoms with Gasteiger partial charge in [-0.3, -0.25) is 19.3 Å². The molecule has 3 fully saturated rings. The lowest BCUT2D eigenvalue weighted by molar-refractivity contribution is -0.142. The molecule has 6 aliphatic rings. The van der Waals surface area contributed by atoms with E-state index in [1.54, 1.807) is 0 Å². The predicted molar refractivity (Wildman–Crippen MR) is 93.9 cm³/mol. The third-order valence-corrected chi connectivity index (χ3v) is 7.97. The zero-order valence-corrected chi connectivity index (χ0v) is 15.2. The Morgan fingerprint density at radius 2 is 1.35 bits per heavy atom. The maximum atomic E-state index is 13.2. The largest absolute Gasteiger partial charge is 0.481 e. The van der Waals surface area contributed by atoms with Crippen molar-refractivity contribution in [2.75, 3.05) is 6.54 Å². The Morgan fingerprint density at radius 3 is 1.81 bits per heavy atom. The van der Waals surface area contributed by atoms with Crippen LogP contribution >= 0.6 is 0 Å². The molecule has 0 spiro atoms. The second kappa shape index (κ2) is 5.93. The van der Waals surface area contributed by atoms with Crippen LogP contribution in [0.4, 0.5) is 0 Å². The quantitative estimate of drug-likeness (QED) is 0.622. The molecule has 1 N–H and O–H groups in total. The number of carbonyl (C=O) groups is 3. The number of hydrogen-bond acceptors (Lipinski definition) is 3. The number of carboxylic acid groups (broad SMARTS) is 1. The number of aliphatic carboxylic acids is 1. The van der Waals surface area contributed by atoms with Crippen LogP contribution in [0.1, 0.15) is 57.8 Å². The summed E-state index contributed by atoms with van der Waals surface area (Å²) in [6, 6.07) is 0. The van der Waals surface area contributed by atoms with E-state index in [0.29, 0.717) is 11.8 Å². The highest BCUT2D eigenvalue weighted by molar-refractivity contribution is 6.06. The summed E-state index contributed by atoms with van der Waals surface area (Å²) in [5.74, 6) is 0.180. The fourth-order valence-corrected chi connectivity index (χ4v) is 7.23. The number of allylic oxidation sites excluding steroid dienone is 2. The van der Waals surface area contributed by atoms with Crippen molar-refractivity contribution >= 4 is 17.8 Å². The van der Waals surface area contributed by atoms with Crippen molar-refractivity contribution in [2.45, 2.75) is 57.8 Å². The van der Waals surface area contributed by atoms with Gasteiger partial charge in [0.2, 0.25) is 11.8 Å². The van der Waals surface area contributed by atoms with Crippen molar-refractivity contribution in [2.24, 2.45) is 35.5 Å². The first-order valence-electron chi connectivity index (χ1n) is 10.4. The van der Waals surface area contributed by atoms with Crippen LogP contribution < -0.4 is 0 Å². The number of carbonyl (C=O) groups excluding carboxylic acids is 2. The van der Waals surface area contributed by atoms with E-state index in [4.69, 9.17) is 5.11 Å². The molecule has 1 saturated heterocycles. The Hall–Kier alpha value is -1.65. The Balaban J connectivity index is 1.56. The SMILES string of the molecule is O=C(O)CCN1C(=O)C2C3C4=C(CCCC4)C(C4CCCCC43)C2C1=O. The number of nitrogens with zero attached hydrogens (tertiary/aromatic N) is 1. The van der Waals surface area contributed by atoms with Crippen molar-refractivity contribution in [3.63, 3.8) is 0 Å². The Kier molecular flexibility index (Phi) is 3.77. The average molecular weight is 357 g/mol. The summed E-state index contributed by atoms with van der Waals surface area (Å²) in [7, 11) is 0. The van der Waals surface area contributed by atoms with E-state index in [2.05, 4.69) is 0 Å². The van der Waals surface area contributed by atoms with Crippen LogP contribution in [0, 0.1) is 35.5 Å². The van der Waals surface area contributed by atoms with Crippen molar-refractivity contribution in [3.05, 3.63) is 11.1 Å². The molecule has 5 heteroatoms. The molecule has 6 unspecified atom stereocenters. The molecule has 0 aromatic rings.